The number of para-hydroxylation sites is 1. The summed E-state index contributed by atoms with van der Waals surface area (Å²) in [6.45, 7) is 4.34. The molecule has 1 fully saturated rings. The van der Waals surface area contributed by atoms with Crippen LogP contribution in [0.1, 0.15) is 12.5 Å². The van der Waals surface area contributed by atoms with Crippen LogP contribution in [0.2, 0.25) is 0 Å². The number of rotatable bonds is 3. The van der Waals surface area contributed by atoms with Crippen LogP contribution in [-0.2, 0) is 16.0 Å². The molecule has 0 unspecified atom stereocenters. The molecule has 5 heteroatoms. The van der Waals surface area contributed by atoms with Gasteiger partial charge in [-0.3, -0.25) is 9.59 Å². The molecule has 2 N–H and O–H groups in total. The predicted octanol–water partition coefficient (Wildman–Crippen LogP) is 0.629. The summed E-state index contributed by atoms with van der Waals surface area (Å²) in [5, 5.41) is 0. The van der Waals surface area contributed by atoms with E-state index in [0.717, 1.165) is 18.7 Å². The lowest BCUT2D eigenvalue weighted by molar-refractivity contribution is -0.129. The van der Waals surface area contributed by atoms with Crippen molar-refractivity contribution in [2.75, 3.05) is 31.1 Å². The van der Waals surface area contributed by atoms with Gasteiger partial charge >= 0.3 is 0 Å². The quantitative estimate of drug-likeness (QED) is 0.886. The lowest BCUT2D eigenvalue weighted by Gasteiger charge is -2.23. The van der Waals surface area contributed by atoms with E-state index in [4.69, 9.17) is 5.73 Å². The molecule has 3 rings (SSSR count). The summed E-state index contributed by atoms with van der Waals surface area (Å²) in [7, 11) is 0. The standard InChI is InChI=1S/C16H21N3O2/c1-11-8-19(9-13(11)16(17)21)15(20)10-18-7-6-12-4-2-3-5-14(12)18/h2-5,11,13H,6-10H2,1H3,(H2,17,21)/t11-,13-/m1/s1. The highest BCUT2D eigenvalue weighted by atomic mass is 16.2. The molecule has 21 heavy (non-hydrogen) atoms. The Bertz CT molecular complexity index is 572. The normalized spacial score (nSPS) is 24.2. The van der Waals surface area contributed by atoms with Gasteiger partial charge in [0, 0.05) is 25.3 Å². The number of hydrogen-bond acceptors (Lipinski definition) is 3. The molecular weight excluding hydrogens is 266 g/mol. The van der Waals surface area contributed by atoms with Gasteiger partial charge in [-0.1, -0.05) is 25.1 Å². The van der Waals surface area contributed by atoms with Crippen LogP contribution in [0.25, 0.3) is 0 Å². The van der Waals surface area contributed by atoms with Gasteiger partial charge in [-0.05, 0) is 24.0 Å². The molecule has 2 atom stereocenters. The van der Waals surface area contributed by atoms with Crippen molar-refractivity contribution in [3.63, 3.8) is 0 Å². The Morgan fingerprint density at radius 2 is 2.05 bits per heavy atom. The molecule has 1 aromatic rings. The van der Waals surface area contributed by atoms with Gasteiger partial charge in [-0.25, -0.2) is 0 Å². The summed E-state index contributed by atoms with van der Waals surface area (Å²) < 4.78 is 0. The molecule has 2 amide bonds. The summed E-state index contributed by atoms with van der Waals surface area (Å²) in [6, 6.07) is 8.21. The molecule has 0 saturated carbocycles. The Balaban J connectivity index is 1.65. The molecule has 0 aliphatic carbocycles. The fourth-order valence-electron chi connectivity index (χ4n) is 3.37. The van der Waals surface area contributed by atoms with Crippen LogP contribution in [-0.4, -0.2) is 42.9 Å². The van der Waals surface area contributed by atoms with Gasteiger partial charge < -0.3 is 15.5 Å². The van der Waals surface area contributed by atoms with E-state index in [9.17, 15) is 9.59 Å². The molecule has 5 nitrogen and oxygen atoms in total. The number of nitrogens with two attached hydrogens (primary N) is 1. The topological polar surface area (TPSA) is 66.6 Å². The van der Waals surface area contributed by atoms with Gasteiger partial charge in [0.1, 0.15) is 0 Å². The van der Waals surface area contributed by atoms with E-state index < -0.39 is 0 Å². The minimum Gasteiger partial charge on any atom is -0.369 e. The third-order valence-electron chi connectivity index (χ3n) is 4.64. The lowest BCUT2D eigenvalue weighted by Crippen LogP contribution is -2.39. The first kappa shape index (κ1) is 13.9. The molecule has 2 aliphatic rings. The van der Waals surface area contributed by atoms with Crippen LogP contribution >= 0.6 is 0 Å². The first-order valence-corrected chi connectivity index (χ1v) is 7.46. The van der Waals surface area contributed by atoms with Gasteiger partial charge in [0.2, 0.25) is 11.8 Å². The fraction of sp³-hybridized carbons (Fsp3) is 0.500. The van der Waals surface area contributed by atoms with Crippen LogP contribution in [0.5, 0.6) is 0 Å². The lowest BCUT2D eigenvalue weighted by atomic mass is 9.98. The maximum Gasteiger partial charge on any atom is 0.242 e. The van der Waals surface area contributed by atoms with Crippen LogP contribution in [0.3, 0.4) is 0 Å². The van der Waals surface area contributed by atoms with Crippen molar-refractivity contribution in [1.29, 1.82) is 0 Å². The minimum atomic E-state index is -0.302. The number of hydrogen-bond donors (Lipinski definition) is 1. The first-order valence-electron chi connectivity index (χ1n) is 7.46. The zero-order chi connectivity index (χ0) is 15.0. The van der Waals surface area contributed by atoms with E-state index in [1.54, 1.807) is 4.90 Å². The second-order valence-corrected chi connectivity index (χ2v) is 6.09. The highest BCUT2D eigenvalue weighted by Crippen LogP contribution is 2.28. The largest absolute Gasteiger partial charge is 0.369 e. The van der Waals surface area contributed by atoms with Crippen molar-refractivity contribution >= 4 is 17.5 Å². The second-order valence-electron chi connectivity index (χ2n) is 6.09. The SMILES string of the molecule is C[C@@H]1CN(C(=O)CN2CCc3ccccc32)C[C@H]1C(N)=O. The average molecular weight is 287 g/mol. The second kappa shape index (κ2) is 5.39. The summed E-state index contributed by atoms with van der Waals surface area (Å²) in [5.41, 5.74) is 7.85. The van der Waals surface area contributed by atoms with E-state index >= 15 is 0 Å². The van der Waals surface area contributed by atoms with Gasteiger partial charge in [-0.2, -0.15) is 0 Å². The number of nitrogens with zero attached hydrogens (tertiary/aromatic N) is 2. The summed E-state index contributed by atoms with van der Waals surface area (Å²) in [5.74, 6) is -0.274. The fourth-order valence-corrected chi connectivity index (χ4v) is 3.37. The Morgan fingerprint density at radius 3 is 2.76 bits per heavy atom. The maximum atomic E-state index is 12.5. The van der Waals surface area contributed by atoms with E-state index in [-0.39, 0.29) is 23.7 Å². The van der Waals surface area contributed by atoms with Crippen molar-refractivity contribution in [3.05, 3.63) is 29.8 Å². The first-order chi connectivity index (χ1) is 10.1. The molecule has 1 saturated heterocycles. The van der Waals surface area contributed by atoms with Crippen LogP contribution in [0.15, 0.2) is 24.3 Å². The molecule has 2 heterocycles. The highest BCUT2D eigenvalue weighted by Gasteiger charge is 2.36. The number of likely N-dealkylation sites (tertiary alicyclic amines) is 1. The van der Waals surface area contributed by atoms with Gasteiger partial charge in [-0.15, -0.1) is 0 Å². The Hall–Kier alpha value is -2.04. The molecule has 0 spiro atoms. The van der Waals surface area contributed by atoms with Gasteiger partial charge in [0.15, 0.2) is 0 Å². The predicted molar refractivity (Wildman–Crippen MR) is 80.8 cm³/mol. The molecule has 112 valence electrons. The number of fused-ring (bicyclic) bond motifs is 1. The molecule has 2 aliphatic heterocycles. The third-order valence-corrected chi connectivity index (χ3v) is 4.64. The number of amides is 2. The number of carbonyl (C=O) groups excluding carboxylic acids is 2. The Kier molecular flexibility index (Phi) is 3.57. The van der Waals surface area contributed by atoms with Gasteiger partial charge in [0.25, 0.3) is 0 Å². The number of benzene rings is 1. The van der Waals surface area contributed by atoms with E-state index in [0.29, 0.717) is 19.6 Å². The Morgan fingerprint density at radius 1 is 1.29 bits per heavy atom. The smallest absolute Gasteiger partial charge is 0.242 e. The van der Waals surface area contributed by atoms with Crippen LogP contribution in [0, 0.1) is 11.8 Å². The molecule has 0 radical (unpaired) electrons. The maximum absolute atomic E-state index is 12.5. The van der Waals surface area contributed by atoms with E-state index in [1.165, 1.54) is 5.56 Å². The summed E-state index contributed by atoms with van der Waals surface area (Å²) >= 11 is 0. The van der Waals surface area contributed by atoms with Crippen molar-refractivity contribution in [3.8, 4) is 0 Å². The van der Waals surface area contributed by atoms with Crippen molar-refractivity contribution in [2.45, 2.75) is 13.3 Å². The molecule has 0 aromatic heterocycles. The molecule has 1 aromatic carbocycles. The molecular formula is C16H21N3O2. The van der Waals surface area contributed by atoms with Crippen molar-refractivity contribution in [1.82, 2.24) is 4.90 Å². The van der Waals surface area contributed by atoms with Gasteiger partial charge in [0.05, 0.1) is 12.5 Å². The van der Waals surface area contributed by atoms with Crippen LogP contribution in [0.4, 0.5) is 5.69 Å². The molecule has 0 bridgehead atoms. The number of primary amides is 1. The highest BCUT2D eigenvalue weighted by molar-refractivity contribution is 5.84. The van der Waals surface area contributed by atoms with E-state index in [1.807, 2.05) is 19.1 Å². The third kappa shape index (κ3) is 2.60. The van der Waals surface area contributed by atoms with Crippen molar-refractivity contribution < 1.29 is 9.59 Å². The minimum absolute atomic E-state index is 0.0855. The van der Waals surface area contributed by atoms with Crippen LogP contribution < -0.4 is 10.6 Å². The van der Waals surface area contributed by atoms with E-state index in [2.05, 4.69) is 17.0 Å². The zero-order valence-corrected chi connectivity index (χ0v) is 12.3. The monoisotopic (exact) mass is 287 g/mol. The summed E-state index contributed by atoms with van der Waals surface area (Å²) in [6.07, 6.45) is 0.990. The Labute approximate surface area is 124 Å². The number of carbonyl (C=O) groups is 2. The summed E-state index contributed by atoms with van der Waals surface area (Å²) in [4.78, 5) is 27.7. The van der Waals surface area contributed by atoms with Crippen molar-refractivity contribution in [2.24, 2.45) is 17.6 Å². The zero-order valence-electron chi connectivity index (χ0n) is 12.3. The number of anilines is 1. The average Bonchev–Trinajstić information content (AvgIpc) is 3.03.